The summed E-state index contributed by atoms with van der Waals surface area (Å²) in [4.78, 5) is 19.2. The van der Waals surface area contributed by atoms with Crippen molar-refractivity contribution in [3.63, 3.8) is 0 Å². The molecule has 126 valence electrons. The second-order valence-electron chi connectivity index (χ2n) is 6.73. The fourth-order valence-electron chi connectivity index (χ4n) is 3.87. The first-order valence-corrected chi connectivity index (χ1v) is 9.07. The van der Waals surface area contributed by atoms with Crippen LogP contribution in [0.2, 0.25) is 0 Å². The summed E-state index contributed by atoms with van der Waals surface area (Å²) in [5.41, 5.74) is 1.41. The summed E-state index contributed by atoms with van der Waals surface area (Å²) in [7, 11) is 0. The molecule has 2 aliphatic rings. The van der Waals surface area contributed by atoms with E-state index in [1.54, 1.807) is 0 Å². The van der Waals surface area contributed by atoms with Gasteiger partial charge in [-0.1, -0.05) is 37.3 Å². The van der Waals surface area contributed by atoms with E-state index in [4.69, 9.17) is 0 Å². The predicted molar refractivity (Wildman–Crippen MR) is 93.3 cm³/mol. The third kappa shape index (κ3) is 4.12. The highest BCUT2D eigenvalue weighted by Crippen LogP contribution is 2.25. The van der Waals surface area contributed by atoms with Gasteiger partial charge in [-0.25, -0.2) is 0 Å². The van der Waals surface area contributed by atoms with E-state index in [1.165, 1.54) is 18.4 Å². The van der Waals surface area contributed by atoms with Gasteiger partial charge in [-0.3, -0.25) is 14.6 Å². The minimum absolute atomic E-state index is 0.325. The first-order valence-electron chi connectivity index (χ1n) is 9.07. The van der Waals surface area contributed by atoms with E-state index in [0.717, 1.165) is 45.7 Å². The lowest BCUT2D eigenvalue weighted by atomic mass is 10.0. The van der Waals surface area contributed by atoms with Crippen LogP contribution in [0, 0.1) is 0 Å². The topological polar surface area (TPSA) is 26.8 Å². The van der Waals surface area contributed by atoms with E-state index >= 15 is 0 Å². The molecule has 1 aromatic rings. The van der Waals surface area contributed by atoms with Gasteiger partial charge < -0.3 is 4.90 Å². The molecular weight excluding hydrogens is 286 g/mol. The quantitative estimate of drug-likeness (QED) is 0.835. The average Bonchev–Trinajstić information content (AvgIpc) is 3.13. The third-order valence-corrected chi connectivity index (χ3v) is 5.24. The maximum atomic E-state index is 12.3. The van der Waals surface area contributed by atoms with Gasteiger partial charge in [0, 0.05) is 45.3 Å². The Morgan fingerprint density at radius 1 is 1.00 bits per heavy atom. The molecule has 0 spiro atoms. The number of benzene rings is 1. The number of amides is 1. The first kappa shape index (κ1) is 16.5. The van der Waals surface area contributed by atoms with Crippen molar-refractivity contribution in [3.05, 3.63) is 35.9 Å². The number of hydrogen-bond donors (Lipinski definition) is 0. The molecule has 2 heterocycles. The van der Waals surface area contributed by atoms with Crippen LogP contribution in [-0.4, -0.2) is 66.4 Å². The van der Waals surface area contributed by atoms with Crippen molar-refractivity contribution < 1.29 is 4.79 Å². The highest BCUT2D eigenvalue weighted by Gasteiger charge is 2.26. The second kappa shape index (κ2) is 7.93. The molecule has 0 radical (unpaired) electrons. The van der Waals surface area contributed by atoms with Crippen molar-refractivity contribution in [1.82, 2.24) is 14.7 Å². The number of rotatable bonds is 5. The highest BCUT2D eigenvalue weighted by molar-refractivity contribution is 5.78. The van der Waals surface area contributed by atoms with Crippen LogP contribution in [0.15, 0.2) is 30.3 Å². The van der Waals surface area contributed by atoms with Crippen LogP contribution in [0.25, 0.3) is 0 Å². The molecule has 3 rings (SSSR count). The van der Waals surface area contributed by atoms with Gasteiger partial charge in [0.1, 0.15) is 0 Å². The van der Waals surface area contributed by atoms with Crippen LogP contribution in [0.4, 0.5) is 0 Å². The van der Waals surface area contributed by atoms with Gasteiger partial charge in [-0.15, -0.1) is 0 Å². The molecule has 1 aromatic carbocycles. The second-order valence-corrected chi connectivity index (χ2v) is 6.73. The number of likely N-dealkylation sites (tertiary alicyclic amines) is 1. The summed E-state index contributed by atoms with van der Waals surface area (Å²) in [5, 5.41) is 0. The molecule has 23 heavy (non-hydrogen) atoms. The Morgan fingerprint density at radius 2 is 1.65 bits per heavy atom. The Labute approximate surface area is 140 Å². The molecule has 0 N–H and O–H groups in total. The molecule has 4 heteroatoms. The van der Waals surface area contributed by atoms with E-state index in [-0.39, 0.29) is 0 Å². The number of carbonyl (C=O) groups is 1. The minimum atomic E-state index is 0.325. The normalized spacial score (nSPS) is 21.5. The predicted octanol–water partition coefficient (Wildman–Crippen LogP) is 2.38. The Kier molecular flexibility index (Phi) is 5.68. The van der Waals surface area contributed by atoms with Gasteiger partial charge in [0.2, 0.25) is 5.91 Å². The molecule has 2 saturated heterocycles. The number of nitrogens with zero attached hydrogens (tertiary/aromatic N) is 3. The molecule has 1 atom stereocenters. The van der Waals surface area contributed by atoms with E-state index in [2.05, 4.69) is 47.1 Å². The van der Waals surface area contributed by atoms with Gasteiger partial charge in [0.15, 0.2) is 0 Å². The Hall–Kier alpha value is -1.39. The smallest absolute Gasteiger partial charge is 0.236 e. The summed E-state index contributed by atoms with van der Waals surface area (Å²) >= 11 is 0. The van der Waals surface area contributed by atoms with Crippen LogP contribution >= 0.6 is 0 Å². The van der Waals surface area contributed by atoms with Crippen molar-refractivity contribution in [2.75, 3.05) is 45.8 Å². The minimum Gasteiger partial charge on any atom is -0.342 e. The molecule has 1 amide bonds. The van der Waals surface area contributed by atoms with Crippen molar-refractivity contribution in [3.8, 4) is 0 Å². The summed E-state index contributed by atoms with van der Waals surface area (Å²) in [6.45, 7) is 8.92. The van der Waals surface area contributed by atoms with Gasteiger partial charge >= 0.3 is 0 Å². The van der Waals surface area contributed by atoms with Crippen molar-refractivity contribution in [2.24, 2.45) is 0 Å². The van der Waals surface area contributed by atoms with Crippen LogP contribution in [0.1, 0.15) is 37.8 Å². The first-order chi connectivity index (χ1) is 11.3. The van der Waals surface area contributed by atoms with Crippen LogP contribution in [-0.2, 0) is 4.79 Å². The van der Waals surface area contributed by atoms with E-state index < -0.39 is 0 Å². The van der Waals surface area contributed by atoms with E-state index in [9.17, 15) is 4.79 Å². The third-order valence-electron chi connectivity index (χ3n) is 5.24. The number of carbonyl (C=O) groups excluding carboxylic acids is 1. The standard InChI is InChI=1S/C19H29N3O/c1-2-18(17-8-4-3-5-9-17)21-14-12-20(13-15-21)16-19(23)22-10-6-7-11-22/h3-5,8-9,18H,2,6-7,10-16H2,1H3/t18-/m1/s1. The molecule has 0 unspecified atom stereocenters. The SMILES string of the molecule is CC[C@H](c1ccccc1)N1CCN(CC(=O)N2CCCC2)CC1. The molecule has 0 saturated carbocycles. The van der Waals surface area contributed by atoms with Crippen LogP contribution in [0.5, 0.6) is 0 Å². The zero-order valence-electron chi connectivity index (χ0n) is 14.3. The lowest BCUT2D eigenvalue weighted by Gasteiger charge is -2.39. The molecule has 0 aliphatic carbocycles. The van der Waals surface area contributed by atoms with Crippen molar-refractivity contribution in [1.29, 1.82) is 0 Å². The number of hydrogen-bond acceptors (Lipinski definition) is 3. The lowest BCUT2D eigenvalue weighted by molar-refractivity contribution is -0.131. The van der Waals surface area contributed by atoms with Crippen LogP contribution in [0.3, 0.4) is 0 Å². The lowest BCUT2D eigenvalue weighted by Crippen LogP contribution is -2.50. The zero-order valence-corrected chi connectivity index (χ0v) is 14.3. The summed E-state index contributed by atoms with van der Waals surface area (Å²) in [6.07, 6.45) is 3.49. The molecular formula is C19H29N3O. The molecule has 0 bridgehead atoms. The average molecular weight is 315 g/mol. The molecule has 4 nitrogen and oxygen atoms in total. The van der Waals surface area contributed by atoms with Gasteiger partial charge in [0.25, 0.3) is 0 Å². The molecule has 0 aromatic heterocycles. The van der Waals surface area contributed by atoms with Crippen molar-refractivity contribution >= 4 is 5.91 Å². The maximum absolute atomic E-state index is 12.3. The maximum Gasteiger partial charge on any atom is 0.236 e. The van der Waals surface area contributed by atoms with E-state index in [1.807, 2.05) is 4.90 Å². The van der Waals surface area contributed by atoms with Gasteiger partial charge in [-0.2, -0.15) is 0 Å². The van der Waals surface area contributed by atoms with Crippen molar-refractivity contribution in [2.45, 2.75) is 32.2 Å². The van der Waals surface area contributed by atoms with E-state index in [0.29, 0.717) is 18.5 Å². The summed E-state index contributed by atoms with van der Waals surface area (Å²) in [5.74, 6) is 0.325. The fourth-order valence-corrected chi connectivity index (χ4v) is 3.87. The molecule has 2 aliphatic heterocycles. The monoisotopic (exact) mass is 315 g/mol. The fraction of sp³-hybridized carbons (Fsp3) is 0.632. The summed E-state index contributed by atoms with van der Waals surface area (Å²) in [6, 6.07) is 11.3. The zero-order chi connectivity index (χ0) is 16.1. The number of piperazine rings is 1. The molecule has 2 fully saturated rings. The Bertz CT molecular complexity index is 491. The largest absolute Gasteiger partial charge is 0.342 e. The Morgan fingerprint density at radius 3 is 2.26 bits per heavy atom. The Balaban J connectivity index is 1.50. The van der Waals surface area contributed by atoms with Gasteiger partial charge in [-0.05, 0) is 24.8 Å². The van der Waals surface area contributed by atoms with Crippen LogP contribution < -0.4 is 0 Å². The van der Waals surface area contributed by atoms with Gasteiger partial charge in [0.05, 0.1) is 6.54 Å². The highest BCUT2D eigenvalue weighted by atomic mass is 16.2. The summed E-state index contributed by atoms with van der Waals surface area (Å²) < 4.78 is 0.